The molecule has 0 saturated carbocycles. The van der Waals surface area contributed by atoms with Crippen LogP contribution in [0.1, 0.15) is 0 Å². The van der Waals surface area contributed by atoms with Crippen LogP contribution in [0.15, 0.2) is 176 Å². The molecule has 0 aliphatic heterocycles. The Balaban J connectivity index is 1.00. The van der Waals surface area contributed by atoms with Crippen LogP contribution in [0.5, 0.6) is 0 Å². The Kier molecular flexibility index (Phi) is 7.34. The lowest BCUT2D eigenvalue weighted by molar-refractivity contribution is 1.07. The topological polar surface area (TPSA) is 38.7 Å². The standard InChI is InChI=1S/C45H29N3S/c1-3-10-33(11-4-1)43-46-44(34-12-5-2-6-13-34)48-45(47-43)35-24-22-31(23-25-35)37-15-9-14-36(28-37)30-18-20-32(21-19-30)38-26-27-42-40(29-38)39-16-7-8-17-41(39)49-42/h1-29H. The van der Waals surface area contributed by atoms with Crippen molar-refractivity contribution >= 4 is 31.5 Å². The Hall–Kier alpha value is -6.23. The van der Waals surface area contributed by atoms with Crippen molar-refractivity contribution in [1.29, 1.82) is 0 Å². The molecular weight excluding hydrogens is 615 g/mol. The summed E-state index contributed by atoms with van der Waals surface area (Å²) in [5.41, 5.74) is 10.00. The van der Waals surface area contributed by atoms with E-state index in [1.807, 2.05) is 72.0 Å². The summed E-state index contributed by atoms with van der Waals surface area (Å²) in [6, 6.07) is 61.8. The highest BCUT2D eigenvalue weighted by molar-refractivity contribution is 7.25. The molecule has 0 unspecified atom stereocenters. The third kappa shape index (κ3) is 5.69. The first-order chi connectivity index (χ1) is 24.2. The minimum absolute atomic E-state index is 0.652. The third-order valence-corrected chi connectivity index (χ3v) is 10.1. The number of hydrogen-bond donors (Lipinski definition) is 0. The lowest BCUT2D eigenvalue weighted by atomic mass is 9.96. The molecule has 0 amide bonds. The second-order valence-corrected chi connectivity index (χ2v) is 13.2. The first-order valence-electron chi connectivity index (χ1n) is 16.4. The highest BCUT2D eigenvalue weighted by Crippen LogP contribution is 2.37. The molecule has 0 radical (unpaired) electrons. The van der Waals surface area contributed by atoms with Gasteiger partial charge >= 0.3 is 0 Å². The largest absolute Gasteiger partial charge is 0.208 e. The van der Waals surface area contributed by atoms with Gasteiger partial charge in [-0.2, -0.15) is 0 Å². The first-order valence-corrected chi connectivity index (χ1v) is 17.2. The molecule has 9 aromatic rings. The van der Waals surface area contributed by atoms with E-state index in [0.717, 1.165) is 27.8 Å². The average molecular weight is 644 g/mol. The van der Waals surface area contributed by atoms with E-state index in [1.165, 1.54) is 42.4 Å². The summed E-state index contributed by atoms with van der Waals surface area (Å²) in [6.45, 7) is 0. The van der Waals surface area contributed by atoms with Crippen LogP contribution in [-0.2, 0) is 0 Å². The molecule has 9 rings (SSSR count). The molecule has 3 nitrogen and oxygen atoms in total. The van der Waals surface area contributed by atoms with Gasteiger partial charge in [-0.15, -0.1) is 11.3 Å². The Morgan fingerprint density at radius 2 is 0.653 bits per heavy atom. The zero-order valence-corrected chi connectivity index (χ0v) is 27.3. The molecule has 0 fully saturated rings. The molecule has 0 N–H and O–H groups in total. The number of thiophene rings is 1. The minimum Gasteiger partial charge on any atom is -0.208 e. The zero-order valence-electron chi connectivity index (χ0n) is 26.5. The maximum atomic E-state index is 4.89. The smallest absolute Gasteiger partial charge is 0.164 e. The van der Waals surface area contributed by atoms with Gasteiger partial charge in [0.1, 0.15) is 0 Å². The summed E-state index contributed by atoms with van der Waals surface area (Å²) >= 11 is 1.85. The third-order valence-electron chi connectivity index (χ3n) is 8.97. The number of rotatable bonds is 6. The molecule has 0 bridgehead atoms. The fourth-order valence-corrected chi connectivity index (χ4v) is 7.47. The summed E-state index contributed by atoms with van der Waals surface area (Å²) in [5.74, 6) is 1.97. The Bertz CT molecular complexity index is 2520. The van der Waals surface area contributed by atoms with E-state index in [-0.39, 0.29) is 0 Å². The van der Waals surface area contributed by atoms with Crippen molar-refractivity contribution in [1.82, 2.24) is 15.0 Å². The number of aromatic nitrogens is 3. The quantitative estimate of drug-likeness (QED) is 0.181. The van der Waals surface area contributed by atoms with Crippen LogP contribution in [0.3, 0.4) is 0 Å². The molecule has 0 aliphatic rings. The van der Waals surface area contributed by atoms with Crippen molar-refractivity contribution < 1.29 is 0 Å². The van der Waals surface area contributed by atoms with E-state index in [4.69, 9.17) is 15.0 Å². The molecule has 49 heavy (non-hydrogen) atoms. The SMILES string of the molecule is c1ccc(-c2nc(-c3ccccc3)nc(-c3ccc(-c4cccc(-c5ccc(-c6ccc7sc8ccccc8c7c6)cc5)c4)cc3)n2)cc1. The van der Waals surface area contributed by atoms with E-state index in [1.54, 1.807) is 0 Å². The molecule has 0 aliphatic carbocycles. The van der Waals surface area contributed by atoms with Gasteiger partial charge in [0.25, 0.3) is 0 Å². The van der Waals surface area contributed by atoms with Crippen LogP contribution in [0.2, 0.25) is 0 Å². The summed E-state index contributed by atoms with van der Waals surface area (Å²) in [6.07, 6.45) is 0. The number of benzene rings is 7. The summed E-state index contributed by atoms with van der Waals surface area (Å²) in [5, 5.41) is 2.65. The van der Waals surface area contributed by atoms with Gasteiger partial charge in [-0.25, -0.2) is 15.0 Å². The average Bonchev–Trinajstić information content (AvgIpc) is 3.57. The Morgan fingerprint density at radius 3 is 1.20 bits per heavy atom. The van der Waals surface area contributed by atoms with Gasteiger partial charge in [0.2, 0.25) is 0 Å². The van der Waals surface area contributed by atoms with Gasteiger partial charge in [0, 0.05) is 36.9 Å². The second kappa shape index (κ2) is 12.4. The van der Waals surface area contributed by atoms with E-state index < -0.39 is 0 Å². The summed E-state index contributed by atoms with van der Waals surface area (Å²) < 4.78 is 2.66. The fraction of sp³-hybridized carbons (Fsp3) is 0. The van der Waals surface area contributed by atoms with Crippen molar-refractivity contribution in [2.75, 3.05) is 0 Å². The van der Waals surface area contributed by atoms with Gasteiger partial charge in [-0.05, 0) is 57.6 Å². The molecule has 0 atom stereocenters. The summed E-state index contributed by atoms with van der Waals surface area (Å²) in [7, 11) is 0. The molecule has 4 heteroatoms. The summed E-state index contributed by atoms with van der Waals surface area (Å²) in [4.78, 5) is 14.6. The molecule has 2 aromatic heterocycles. The minimum atomic E-state index is 0.652. The van der Waals surface area contributed by atoms with Crippen molar-refractivity contribution in [3.05, 3.63) is 176 Å². The van der Waals surface area contributed by atoms with E-state index in [9.17, 15) is 0 Å². The van der Waals surface area contributed by atoms with Gasteiger partial charge in [-0.1, -0.05) is 152 Å². The number of nitrogens with zero attached hydrogens (tertiary/aromatic N) is 3. The monoisotopic (exact) mass is 643 g/mol. The van der Waals surface area contributed by atoms with Crippen LogP contribution >= 0.6 is 11.3 Å². The Labute approximate surface area is 288 Å². The predicted octanol–water partition coefficient (Wildman–Crippen LogP) is 12.2. The van der Waals surface area contributed by atoms with E-state index in [2.05, 4.69) is 115 Å². The second-order valence-electron chi connectivity index (χ2n) is 12.1. The molecule has 2 heterocycles. The fourth-order valence-electron chi connectivity index (χ4n) is 6.39. The zero-order chi connectivity index (χ0) is 32.6. The van der Waals surface area contributed by atoms with Crippen LogP contribution in [0, 0.1) is 0 Å². The van der Waals surface area contributed by atoms with Gasteiger partial charge in [0.05, 0.1) is 0 Å². The van der Waals surface area contributed by atoms with Gasteiger partial charge in [0.15, 0.2) is 17.5 Å². The van der Waals surface area contributed by atoms with Gasteiger partial charge < -0.3 is 0 Å². The molecule has 0 saturated heterocycles. The maximum Gasteiger partial charge on any atom is 0.164 e. The lowest BCUT2D eigenvalue weighted by Crippen LogP contribution is -2.00. The van der Waals surface area contributed by atoms with Crippen molar-refractivity contribution in [3.8, 4) is 67.5 Å². The highest BCUT2D eigenvalue weighted by Gasteiger charge is 2.13. The van der Waals surface area contributed by atoms with E-state index >= 15 is 0 Å². The molecule has 7 aromatic carbocycles. The Morgan fingerprint density at radius 1 is 0.265 bits per heavy atom. The van der Waals surface area contributed by atoms with Crippen molar-refractivity contribution in [2.45, 2.75) is 0 Å². The molecule has 230 valence electrons. The van der Waals surface area contributed by atoms with Gasteiger partial charge in [-0.3, -0.25) is 0 Å². The highest BCUT2D eigenvalue weighted by atomic mass is 32.1. The van der Waals surface area contributed by atoms with E-state index in [0.29, 0.717) is 17.5 Å². The first kappa shape index (κ1) is 29.0. The van der Waals surface area contributed by atoms with Crippen LogP contribution in [0.25, 0.3) is 87.7 Å². The maximum absolute atomic E-state index is 4.89. The van der Waals surface area contributed by atoms with Crippen LogP contribution in [-0.4, -0.2) is 15.0 Å². The normalized spacial score (nSPS) is 11.3. The number of hydrogen-bond acceptors (Lipinski definition) is 4. The van der Waals surface area contributed by atoms with Crippen molar-refractivity contribution in [3.63, 3.8) is 0 Å². The molecule has 0 spiro atoms. The number of fused-ring (bicyclic) bond motifs is 3. The lowest BCUT2D eigenvalue weighted by Gasteiger charge is -2.10. The van der Waals surface area contributed by atoms with Crippen LogP contribution in [0.4, 0.5) is 0 Å². The predicted molar refractivity (Wildman–Crippen MR) is 205 cm³/mol. The van der Waals surface area contributed by atoms with Crippen molar-refractivity contribution in [2.24, 2.45) is 0 Å². The molecular formula is C45H29N3S. The van der Waals surface area contributed by atoms with Crippen LogP contribution < -0.4 is 0 Å².